The van der Waals surface area contributed by atoms with Gasteiger partial charge in [0.15, 0.2) is 17.2 Å². The Hall–Kier alpha value is -3.44. The van der Waals surface area contributed by atoms with Gasteiger partial charge in [-0.25, -0.2) is 26.9 Å². The predicted octanol–water partition coefficient (Wildman–Crippen LogP) is 3.31. The van der Waals surface area contributed by atoms with Crippen LogP contribution in [0.2, 0.25) is 0 Å². The fourth-order valence-corrected chi connectivity index (χ4v) is 3.61. The number of H-pyrrole nitrogens is 1. The van der Waals surface area contributed by atoms with Crippen molar-refractivity contribution in [3.63, 3.8) is 0 Å². The molecular formula is C19H15F2N5O3S. The lowest BCUT2D eigenvalue weighted by atomic mass is 10.0. The molecule has 0 saturated carbocycles. The molecule has 0 atom stereocenters. The van der Waals surface area contributed by atoms with Crippen LogP contribution in [0.15, 0.2) is 47.5 Å². The van der Waals surface area contributed by atoms with Crippen molar-refractivity contribution in [1.29, 1.82) is 0 Å². The van der Waals surface area contributed by atoms with Crippen LogP contribution in [0.4, 0.5) is 8.78 Å². The highest BCUT2D eigenvalue weighted by Gasteiger charge is 2.18. The van der Waals surface area contributed by atoms with Gasteiger partial charge in [-0.05, 0) is 43.8 Å². The highest BCUT2D eigenvalue weighted by Crippen LogP contribution is 2.31. The van der Waals surface area contributed by atoms with Gasteiger partial charge in [0.2, 0.25) is 10.0 Å². The first-order valence-corrected chi connectivity index (χ1v) is 10.2. The summed E-state index contributed by atoms with van der Waals surface area (Å²) in [5.74, 6) is -1.85. The molecule has 2 aromatic carbocycles. The number of ether oxygens (including phenoxy) is 1. The molecule has 8 nitrogen and oxygen atoms in total. The zero-order valence-electron chi connectivity index (χ0n) is 15.8. The topological polar surface area (TPSA) is 110 Å². The second-order valence-corrected chi connectivity index (χ2v) is 8.24. The third-order valence-electron chi connectivity index (χ3n) is 4.44. The van der Waals surface area contributed by atoms with Crippen LogP contribution in [0.25, 0.3) is 22.3 Å². The highest BCUT2D eigenvalue weighted by atomic mass is 32.2. The SMILES string of the molecule is CNS(=O)(=O)c1ccc(C)c(-c2[nH]nc3nc(Oc4ccc(F)cc4F)ncc23)c1. The van der Waals surface area contributed by atoms with E-state index in [9.17, 15) is 17.2 Å². The summed E-state index contributed by atoms with van der Waals surface area (Å²) >= 11 is 0. The summed E-state index contributed by atoms with van der Waals surface area (Å²) < 4.78 is 58.6. The van der Waals surface area contributed by atoms with Crippen LogP contribution in [0, 0.1) is 18.6 Å². The number of fused-ring (bicyclic) bond motifs is 1. The molecule has 0 radical (unpaired) electrons. The van der Waals surface area contributed by atoms with E-state index in [1.165, 1.54) is 25.4 Å². The first-order valence-electron chi connectivity index (χ1n) is 8.67. The van der Waals surface area contributed by atoms with Crippen LogP contribution in [-0.2, 0) is 10.0 Å². The number of sulfonamides is 1. The van der Waals surface area contributed by atoms with Crippen molar-refractivity contribution in [1.82, 2.24) is 24.9 Å². The van der Waals surface area contributed by atoms with Crippen LogP contribution in [0.3, 0.4) is 0 Å². The van der Waals surface area contributed by atoms with Crippen LogP contribution in [0.5, 0.6) is 11.8 Å². The molecule has 0 bridgehead atoms. The van der Waals surface area contributed by atoms with Crippen LogP contribution in [-0.4, -0.2) is 35.6 Å². The van der Waals surface area contributed by atoms with Gasteiger partial charge < -0.3 is 4.74 Å². The van der Waals surface area contributed by atoms with E-state index in [0.717, 1.165) is 17.7 Å². The summed E-state index contributed by atoms with van der Waals surface area (Å²) in [5.41, 5.74) is 2.17. The summed E-state index contributed by atoms with van der Waals surface area (Å²) in [5, 5.41) is 7.46. The maximum Gasteiger partial charge on any atom is 0.324 e. The number of nitrogens with one attached hydrogen (secondary N) is 2. The van der Waals surface area contributed by atoms with E-state index >= 15 is 0 Å². The second kappa shape index (κ2) is 7.43. The zero-order chi connectivity index (χ0) is 21.5. The van der Waals surface area contributed by atoms with E-state index in [-0.39, 0.29) is 22.3 Å². The molecule has 0 aliphatic heterocycles. The van der Waals surface area contributed by atoms with E-state index < -0.39 is 21.7 Å². The van der Waals surface area contributed by atoms with Crippen LogP contribution in [0.1, 0.15) is 5.56 Å². The molecule has 0 aliphatic carbocycles. The van der Waals surface area contributed by atoms with Crippen LogP contribution < -0.4 is 9.46 Å². The number of aromatic amines is 1. The minimum absolute atomic E-state index is 0.0982. The lowest BCUT2D eigenvalue weighted by Crippen LogP contribution is -2.18. The van der Waals surface area contributed by atoms with Gasteiger partial charge in [0.05, 0.1) is 16.0 Å². The highest BCUT2D eigenvalue weighted by molar-refractivity contribution is 7.89. The molecule has 0 fully saturated rings. The van der Waals surface area contributed by atoms with Crippen LogP contribution >= 0.6 is 0 Å². The normalized spacial score (nSPS) is 11.7. The Morgan fingerprint density at radius 2 is 1.93 bits per heavy atom. The summed E-state index contributed by atoms with van der Waals surface area (Å²) in [7, 11) is -2.29. The van der Waals surface area contributed by atoms with Crippen molar-refractivity contribution in [2.24, 2.45) is 0 Å². The van der Waals surface area contributed by atoms with Crippen molar-refractivity contribution < 1.29 is 21.9 Å². The van der Waals surface area contributed by atoms with E-state index in [2.05, 4.69) is 24.9 Å². The zero-order valence-corrected chi connectivity index (χ0v) is 16.6. The molecular weight excluding hydrogens is 416 g/mol. The maximum absolute atomic E-state index is 13.8. The number of hydrogen-bond donors (Lipinski definition) is 2. The molecule has 0 aliphatic rings. The van der Waals surface area contributed by atoms with Gasteiger partial charge in [-0.15, -0.1) is 0 Å². The van der Waals surface area contributed by atoms with E-state index in [4.69, 9.17) is 4.74 Å². The first kappa shape index (κ1) is 19.9. The summed E-state index contributed by atoms with van der Waals surface area (Å²) in [6.07, 6.45) is 1.43. The molecule has 2 heterocycles. The average molecular weight is 431 g/mol. The molecule has 4 aromatic rings. The second-order valence-electron chi connectivity index (χ2n) is 6.35. The number of benzene rings is 2. The van der Waals surface area contributed by atoms with Crippen molar-refractivity contribution in [3.05, 3.63) is 59.8 Å². The van der Waals surface area contributed by atoms with Gasteiger partial charge in [0.25, 0.3) is 0 Å². The number of aromatic nitrogens is 4. The molecule has 2 aromatic heterocycles. The molecule has 4 rings (SSSR count). The van der Waals surface area contributed by atoms with Gasteiger partial charge in [0, 0.05) is 17.8 Å². The number of nitrogens with zero attached hydrogens (tertiary/aromatic N) is 3. The van der Waals surface area contributed by atoms with Crippen molar-refractivity contribution >= 4 is 21.1 Å². The first-order chi connectivity index (χ1) is 14.3. The maximum atomic E-state index is 13.8. The Labute approximate surface area is 170 Å². The van der Waals surface area contributed by atoms with E-state index in [1.807, 2.05) is 6.92 Å². The number of aryl methyl sites for hydroxylation is 1. The van der Waals surface area contributed by atoms with E-state index in [1.54, 1.807) is 6.07 Å². The van der Waals surface area contributed by atoms with Gasteiger partial charge in [-0.1, -0.05) is 6.07 Å². The Kier molecular flexibility index (Phi) is 4.92. The number of halogens is 2. The summed E-state index contributed by atoms with van der Waals surface area (Å²) in [6, 6.07) is 7.41. The molecule has 0 unspecified atom stereocenters. The minimum Gasteiger partial charge on any atom is -0.421 e. The van der Waals surface area contributed by atoms with E-state index in [0.29, 0.717) is 22.7 Å². The molecule has 11 heteroatoms. The smallest absolute Gasteiger partial charge is 0.324 e. The molecule has 30 heavy (non-hydrogen) atoms. The van der Waals surface area contributed by atoms with Gasteiger partial charge in [-0.2, -0.15) is 10.1 Å². The number of hydrogen-bond acceptors (Lipinski definition) is 6. The number of rotatable bonds is 5. The van der Waals surface area contributed by atoms with Crippen molar-refractivity contribution in [2.45, 2.75) is 11.8 Å². The molecule has 0 saturated heterocycles. The molecule has 2 N–H and O–H groups in total. The Balaban J connectivity index is 1.74. The third kappa shape index (κ3) is 3.60. The van der Waals surface area contributed by atoms with Crippen molar-refractivity contribution in [2.75, 3.05) is 7.05 Å². The summed E-state index contributed by atoms with van der Waals surface area (Å²) in [4.78, 5) is 8.29. The van der Waals surface area contributed by atoms with Gasteiger partial charge in [0.1, 0.15) is 5.82 Å². The predicted molar refractivity (Wildman–Crippen MR) is 105 cm³/mol. The fourth-order valence-electron chi connectivity index (χ4n) is 2.85. The molecule has 0 amide bonds. The minimum atomic E-state index is -3.63. The lowest BCUT2D eigenvalue weighted by Gasteiger charge is -2.08. The van der Waals surface area contributed by atoms with Gasteiger partial charge >= 0.3 is 6.01 Å². The summed E-state index contributed by atoms with van der Waals surface area (Å²) in [6.45, 7) is 1.83. The standard InChI is InChI=1S/C19H15F2N5O3S/c1-10-3-5-12(30(27,28)22-2)8-13(10)17-14-9-23-19(24-18(14)26-25-17)29-16-6-4-11(20)7-15(16)21/h3-9,22H,1-2H3,(H,23,24,25,26). The molecule has 154 valence electrons. The Morgan fingerprint density at radius 1 is 1.13 bits per heavy atom. The lowest BCUT2D eigenvalue weighted by molar-refractivity contribution is 0.409. The fraction of sp³-hybridized carbons (Fsp3) is 0.105. The largest absolute Gasteiger partial charge is 0.421 e. The van der Waals surface area contributed by atoms with Gasteiger partial charge in [-0.3, -0.25) is 5.10 Å². The van der Waals surface area contributed by atoms with Crippen molar-refractivity contribution in [3.8, 4) is 23.0 Å². The Morgan fingerprint density at radius 3 is 2.67 bits per heavy atom. The monoisotopic (exact) mass is 431 g/mol. The Bertz CT molecular complexity index is 1370. The third-order valence-corrected chi connectivity index (χ3v) is 5.85. The quantitative estimate of drug-likeness (QED) is 0.502. The average Bonchev–Trinajstić information content (AvgIpc) is 3.13. The molecule has 0 spiro atoms.